The Morgan fingerprint density at radius 3 is 2.26 bits per heavy atom. The van der Waals surface area contributed by atoms with E-state index in [0.29, 0.717) is 17.2 Å². The highest BCUT2D eigenvalue weighted by molar-refractivity contribution is 9.10. The number of fused-ring (bicyclic) bond motifs is 1. The summed E-state index contributed by atoms with van der Waals surface area (Å²) in [6.45, 7) is 0. The Bertz CT molecular complexity index is 1210. The summed E-state index contributed by atoms with van der Waals surface area (Å²) >= 11 is 3.55. The third-order valence-electron chi connectivity index (χ3n) is 4.77. The number of methoxy groups -OCH3 is 3. The lowest BCUT2D eigenvalue weighted by Gasteiger charge is -2.15. The van der Waals surface area contributed by atoms with Crippen LogP contribution in [0.5, 0.6) is 17.2 Å². The number of nitrogens with one attached hydrogen (secondary N) is 1. The first kappa shape index (κ1) is 20.8. The molecule has 158 valence electrons. The molecular weight excluding hydrogens is 458 g/mol. The van der Waals surface area contributed by atoms with Crippen molar-refractivity contribution in [1.29, 1.82) is 0 Å². The van der Waals surface area contributed by atoms with Gasteiger partial charge in [0.05, 0.1) is 21.3 Å². The van der Waals surface area contributed by atoms with Gasteiger partial charge >= 0.3 is 0 Å². The number of halogens is 1. The largest absolute Gasteiger partial charge is 0.493 e. The summed E-state index contributed by atoms with van der Waals surface area (Å²) in [6.07, 6.45) is 6.01. The molecule has 1 N–H and O–H groups in total. The highest BCUT2D eigenvalue weighted by Gasteiger charge is 2.16. The SMILES string of the molecule is COc1cc(Nc2c(C=Cc3ccccc3)nc3ccc(Br)cn23)cc(OC)c1OC. The predicted octanol–water partition coefficient (Wildman–Crippen LogP) is 6.04. The molecule has 7 heteroatoms. The minimum absolute atomic E-state index is 0.542. The zero-order chi connectivity index (χ0) is 21.8. The highest BCUT2D eigenvalue weighted by atomic mass is 79.9. The zero-order valence-electron chi connectivity index (χ0n) is 17.4. The molecule has 2 aromatic carbocycles. The average molecular weight is 480 g/mol. The number of nitrogens with zero attached hydrogens (tertiary/aromatic N) is 2. The van der Waals surface area contributed by atoms with Crippen LogP contribution in [-0.4, -0.2) is 30.7 Å². The second-order valence-electron chi connectivity index (χ2n) is 6.70. The molecule has 0 aliphatic carbocycles. The lowest BCUT2D eigenvalue weighted by atomic mass is 10.2. The second kappa shape index (κ2) is 9.14. The van der Waals surface area contributed by atoms with Crippen LogP contribution in [0.1, 0.15) is 11.3 Å². The maximum atomic E-state index is 5.49. The van der Waals surface area contributed by atoms with Crippen molar-refractivity contribution in [2.45, 2.75) is 0 Å². The maximum absolute atomic E-state index is 5.49. The molecule has 2 heterocycles. The van der Waals surface area contributed by atoms with Crippen molar-refractivity contribution < 1.29 is 14.2 Å². The molecule has 4 aromatic rings. The Balaban J connectivity index is 1.81. The number of ether oxygens (including phenoxy) is 3. The number of pyridine rings is 1. The average Bonchev–Trinajstić information content (AvgIpc) is 3.14. The summed E-state index contributed by atoms with van der Waals surface area (Å²) in [5, 5.41) is 3.47. The van der Waals surface area contributed by atoms with Crippen LogP contribution in [0.2, 0.25) is 0 Å². The number of hydrogen-bond donors (Lipinski definition) is 1. The van der Waals surface area contributed by atoms with Crippen LogP contribution in [0.3, 0.4) is 0 Å². The first-order valence-corrected chi connectivity index (χ1v) is 10.4. The van der Waals surface area contributed by atoms with Crippen LogP contribution in [0.15, 0.2) is 65.3 Å². The number of aromatic nitrogens is 2. The smallest absolute Gasteiger partial charge is 0.203 e. The minimum atomic E-state index is 0.542. The van der Waals surface area contributed by atoms with Crippen LogP contribution in [0.4, 0.5) is 11.5 Å². The molecular formula is C24H22BrN3O3. The van der Waals surface area contributed by atoms with E-state index in [0.717, 1.165) is 32.9 Å². The normalized spacial score (nSPS) is 11.1. The Morgan fingerprint density at radius 2 is 1.61 bits per heavy atom. The van der Waals surface area contributed by atoms with Crippen molar-refractivity contribution in [2.75, 3.05) is 26.6 Å². The minimum Gasteiger partial charge on any atom is -0.493 e. The molecule has 0 spiro atoms. The molecule has 31 heavy (non-hydrogen) atoms. The van der Waals surface area contributed by atoms with Gasteiger partial charge in [0.25, 0.3) is 0 Å². The molecule has 0 amide bonds. The Kier molecular flexibility index (Phi) is 6.13. The molecule has 0 saturated carbocycles. The summed E-state index contributed by atoms with van der Waals surface area (Å²) in [4.78, 5) is 4.79. The molecule has 0 radical (unpaired) electrons. The molecule has 0 aliphatic rings. The molecule has 0 bridgehead atoms. The molecule has 2 aromatic heterocycles. The highest BCUT2D eigenvalue weighted by Crippen LogP contribution is 2.41. The van der Waals surface area contributed by atoms with E-state index in [2.05, 4.69) is 33.4 Å². The molecule has 4 rings (SSSR count). The van der Waals surface area contributed by atoms with Gasteiger partial charge in [0, 0.05) is 28.5 Å². The molecule has 6 nitrogen and oxygen atoms in total. The first-order valence-electron chi connectivity index (χ1n) is 9.60. The van der Waals surface area contributed by atoms with E-state index in [9.17, 15) is 0 Å². The van der Waals surface area contributed by atoms with Crippen LogP contribution in [0.25, 0.3) is 17.8 Å². The summed E-state index contributed by atoms with van der Waals surface area (Å²) in [5.41, 5.74) is 3.51. The summed E-state index contributed by atoms with van der Waals surface area (Å²) in [7, 11) is 4.78. The number of rotatable bonds is 7. The van der Waals surface area contributed by atoms with E-state index in [1.54, 1.807) is 21.3 Å². The van der Waals surface area contributed by atoms with Crippen molar-refractivity contribution in [2.24, 2.45) is 0 Å². The number of imidazole rings is 1. The van der Waals surface area contributed by atoms with Gasteiger partial charge in [-0.15, -0.1) is 0 Å². The molecule has 0 aliphatic heterocycles. The predicted molar refractivity (Wildman–Crippen MR) is 128 cm³/mol. The van der Waals surface area contributed by atoms with Crippen LogP contribution >= 0.6 is 15.9 Å². The van der Waals surface area contributed by atoms with Gasteiger partial charge < -0.3 is 19.5 Å². The van der Waals surface area contributed by atoms with Crippen molar-refractivity contribution in [3.05, 3.63) is 76.5 Å². The molecule has 0 fully saturated rings. The van der Waals surface area contributed by atoms with E-state index in [1.807, 2.05) is 65.2 Å². The Morgan fingerprint density at radius 1 is 0.903 bits per heavy atom. The topological polar surface area (TPSA) is 57.0 Å². The second-order valence-corrected chi connectivity index (χ2v) is 7.62. The molecule has 0 atom stereocenters. The Labute approximate surface area is 189 Å². The van der Waals surface area contributed by atoms with E-state index in [1.165, 1.54) is 0 Å². The fraction of sp³-hybridized carbons (Fsp3) is 0.125. The van der Waals surface area contributed by atoms with E-state index < -0.39 is 0 Å². The summed E-state index contributed by atoms with van der Waals surface area (Å²) in [5.74, 6) is 2.50. The number of hydrogen-bond acceptors (Lipinski definition) is 5. The molecule has 0 unspecified atom stereocenters. The van der Waals surface area contributed by atoms with Crippen molar-refractivity contribution >= 4 is 45.2 Å². The van der Waals surface area contributed by atoms with Gasteiger partial charge in [0.2, 0.25) is 5.75 Å². The third-order valence-corrected chi connectivity index (χ3v) is 5.24. The van der Waals surface area contributed by atoms with Crippen LogP contribution in [-0.2, 0) is 0 Å². The monoisotopic (exact) mass is 479 g/mol. The van der Waals surface area contributed by atoms with Gasteiger partial charge in [-0.3, -0.25) is 4.40 Å². The zero-order valence-corrected chi connectivity index (χ0v) is 19.0. The van der Waals surface area contributed by atoms with E-state index >= 15 is 0 Å². The molecule has 0 saturated heterocycles. The van der Waals surface area contributed by atoms with Gasteiger partial charge in [-0.05, 0) is 39.7 Å². The lowest BCUT2D eigenvalue weighted by Crippen LogP contribution is -2.00. The van der Waals surface area contributed by atoms with Gasteiger partial charge in [-0.25, -0.2) is 4.98 Å². The van der Waals surface area contributed by atoms with Crippen LogP contribution < -0.4 is 19.5 Å². The van der Waals surface area contributed by atoms with Crippen molar-refractivity contribution in [3.63, 3.8) is 0 Å². The van der Waals surface area contributed by atoms with Crippen molar-refractivity contribution in [1.82, 2.24) is 9.38 Å². The van der Waals surface area contributed by atoms with Gasteiger partial charge in [0.1, 0.15) is 17.2 Å². The standard InChI is InChI=1S/C24H22BrN3O3/c1-29-20-13-18(14-21(30-2)23(20)31-3)26-24-19(11-9-16-7-5-4-6-8-16)27-22-12-10-17(25)15-28(22)24/h4-15,26H,1-3H3. The first-order chi connectivity index (χ1) is 15.1. The van der Waals surface area contributed by atoms with E-state index in [-0.39, 0.29) is 0 Å². The summed E-state index contributed by atoms with van der Waals surface area (Å²) < 4.78 is 19.4. The Hall–Kier alpha value is -3.45. The van der Waals surface area contributed by atoms with Crippen LogP contribution in [0, 0.1) is 0 Å². The van der Waals surface area contributed by atoms with Gasteiger partial charge in [-0.1, -0.05) is 36.4 Å². The summed E-state index contributed by atoms with van der Waals surface area (Å²) in [6, 6.07) is 17.8. The number of benzene rings is 2. The van der Waals surface area contributed by atoms with E-state index in [4.69, 9.17) is 19.2 Å². The number of anilines is 2. The van der Waals surface area contributed by atoms with Crippen molar-refractivity contribution in [3.8, 4) is 17.2 Å². The fourth-order valence-corrected chi connectivity index (χ4v) is 3.64. The lowest BCUT2D eigenvalue weighted by molar-refractivity contribution is 0.324. The third kappa shape index (κ3) is 4.36. The van der Waals surface area contributed by atoms with Gasteiger partial charge in [0.15, 0.2) is 11.5 Å². The van der Waals surface area contributed by atoms with Gasteiger partial charge in [-0.2, -0.15) is 0 Å². The quantitative estimate of drug-likeness (QED) is 0.350. The maximum Gasteiger partial charge on any atom is 0.203 e. The fourth-order valence-electron chi connectivity index (χ4n) is 3.31.